The summed E-state index contributed by atoms with van der Waals surface area (Å²) in [7, 11) is 0. The summed E-state index contributed by atoms with van der Waals surface area (Å²) >= 11 is 0. The molecule has 2 amide bonds. The first-order chi connectivity index (χ1) is 12.5. The maximum atomic E-state index is 13.0. The van der Waals surface area contributed by atoms with Gasteiger partial charge >= 0.3 is 0 Å². The number of nitrogens with zero attached hydrogens (tertiary/aromatic N) is 1. The molecular formula is C22H26N2O2. The molecular weight excluding hydrogens is 324 g/mol. The molecule has 2 aromatic rings. The molecule has 0 spiro atoms. The molecule has 1 heterocycles. The fraction of sp³-hybridized carbons (Fsp3) is 0.364. The van der Waals surface area contributed by atoms with Crippen molar-refractivity contribution in [2.24, 2.45) is 0 Å². The molecule has 26 heavy (non-hydrogen) atoms. The van der Waals surface area contributed by atoms with E-state index in [0.29, 0.717) is 17.7 Å². The van der Waals surface area contributed by atoms with Crippen molar-refractivity contribution in [2.45, 2.75) is 46.1 Å². The topological polar surface area (TPSA) is 49.4 Å². The number of rotatable bonds is 4. The molecule has 1 atom stereocenters. The summed E-state index contributed by atoms with van der Waals surface area (Å²) in [5.74, 6) is -0.0317. The normalized spacial score (nSPS) is 14.5. The van der Waals surface area contributed by atoms with E-state index >= 15 is 0 Å². The molecule has 4 heteroatoms. The van der Waals surface area contributed by atoms with E-state index in [-0.39, 0.29) is 17.9 Å². The Morgan fingerprint density at radius 2 is 1.96 bits per heavy atom. The predicted molar refractivity (Wildman–Crippen MR) is 105 cm³/mol. The average Bonchev–Trinajstić information content (AvgIpc) is 2.66. The number of anilines is 1. The number of aryl methyl sites for hydroxylation is 2. The molecule has 0 fully saturated rings. The van der Waals surface area contributed by atoms with Crippen LogP contribution in [0, 0.1) is 6.92 Å². The van der Waals surface area contributed by atoms with Gasteiger partial charge in [0.1, 0.15) is 0 Å². The molecule has 1 aliphatic rings. The second kappa shape index (κ2) is 7.73. The number of hydrogen-bond donors (Lipinski definition) is 1. The first-order valence-corrected chi connectivity index (χ1v) is 9.32. The molecule has 2 aromatic carbocycles. The van der Waals surface area contributed by atoms with Gasteiger partial charge in [0, 0.05) is 29.4 Å². The average molecular weight is 350 g/mol. The summed E-state index contributed by atoms with van der Waals surface area (Å²) in [6.45, 7) is 6.74. The van der Waals surface area contributed by atoms with E-state index < -0.39 is 0 Å². The van der Waals surface area contributed by atoms with Crippen LogP contribution in [0.4, 0.5) is 5.69 Å². The molecule has 1 N–H and O–H groups in total. The van der Waals surface area contributed by atoms with Crippen LogP contribution in [0.25, 0.3) is 0 Å². The Labute approximate surface area is 155 Å². The van der Waals surface area contributed by atoms with Crippen LogP contribution < -0.4 is 10.2 Å². The largest absolute Gasteiger partial charge is 0.350 e. The van der Waals surface area contributed by atoms with E-state index in [2.05, 4.69) is 5.32 Å². The van der Waals surface area contributed by atoms with Crippen LogP contribution in [0.3, 0.4) is 0 Å². The summed E-state index contributed by atoms with van der Waals surface area (Å²) < 4.78 is 0. The predicted octanol–water partition coefficient (Wildman–Crippen LogP) is 4.12. The summed E-state index contributed by atoms with van der Waals surface area (Å²) in [5.41, 5.74) is 4.42. The monoisotopic (exact) mass is 350 g/mol. The van der Waals surface area contributed by atoms with Crippen molar-refractivity contribution in [3.05, 3.63) is 64.7 Å². The van der Waals surface area contributed by atoms with Crippen molar-refractivity contribution in [1.29, 1.82) is 0 Å². The number of fused-ring (bicyclic) bond motifs is 1. The fourth-order valence-corrected chi connectivity index (χ4v) is 3.29. The van der Waals surface area contributed by atoms with Crippen LogP contribution in [0.5, 0.6) is 0 Å². The quantitative estimate of drug-likeness (QED) is 0.902. The van der Waals surface area contributed by atoms with Gasteiger partial charge in [-0.3, -0.25) is 9.59 Å². The zero-order valence-electron chi connectivity index (χ0n) is 15.7. The Kier molecular flexibility index (Phi) is 5.40. The Hall–Kier alpha value is -2.62. The van der Waals surface area contributed by atoms with Crippen LogP contribution in [-0.4, -0.2) is 24.4 Å². The van der Waals surface area contributed by atoms with Gasteiger partial charge in [0.25, 0.3) is 11.8 Å². The smallest absolute Gasteiger partial charge is 0.258 e. The van der Waals surface area contributed by atoms with Gasteiger partial charge in [-0.15, -0.1) is 0 Å². The third kappa shape index (κ3) is 3.79. The standard InChI is InChI=1S/C22H26N2O2/c1-4-16(3)23-21(25)18-10-11-20-17(14-18)9-6-12-24(20)22(26)19-8-5-7-15(2)13-19/h5,7-8,10-11,13-14,16H,4,6,9,12H2,1-3H3,(H,23,25)/t16-/m0/s1. The van der Waals surface area contributed by atoms with Crippen LogP contribution in [0.1, 0.15) is 58.5 Å². The molecule has 3 rings (SSSR count). The Morgan fingerprint density at radius 1 is 1.15 bits per heavy atom. The number of carbonyl (C=O) groups is 2. The second-order valence-corrected chi connectivity index (χ2v) is 7.06. The van der Waals surface area contributed by atoms with Gasteiger partial charge in [0.15, 0.2) is 0 Å². The summed E-state index contributed by atoms with van der Waals surface area (Å²) in [6, 6.07) is 13.5. The highest BCUT2D eigenvalue weighted by molar-refractivity contribution is 6.07. The summed E-state index contributed by atoms with van der Waals surface area (Å²) in [5, 5.41) is 3.00. The van der Waals surface area contributed by atoms with E-state index in [0.717, 1.165) is 36.1 Å². The summed E-state index contributed by atoms with van der Waals surface area (Å²) in [4.78, 5) is 27.2. The first-order valence-electron chi connectivity index (χ1n) is 9.32. The van der Waals surface area contributed by atoms with Crippen molar-refractivity contribution in [3.8, 4) is 0 Å². The Balaban J connectivity index is 1.86. The van der Waals surface area contributed by atoms with Crippen LogP contribution in [0.2, 0.25) is 0 Å². The highest BCUT2D eigenvalue weighted by Crippen LogP contribution is 2.29. The molecule has 0 radical (unpaired) electrons. The molecule has 136 valence electrons. The zero-order valence-corrected chi connectivity index (χ0v) is 15.7. The number of hydrogen-bond acceptors (Lipinski definition) is 2. The molecule has 0 unspecified atom stereocenters. The molecule has 0 saturated heterocycles. The van der Waals surface area contributed by atoms with E-state index in [1.807, 2.05) is 68.1 Å². The van der Waals surface area contributed by atoms with Gasteiger partial charge in [-0.25, -0.2) is 0 Å². The maximum absolute atomic E-state index is 13.0. The van der Waals surface area contributed by atoms with Crippen molar-refractivity contribution < 1.29 is 9.59 Å². The molecule has 0 saturated carbocycles. The number of amides is 2. The molecule has 0 bridgehead atoms. The first kappa shape index (κ1) is 18.2. The third-order valence-electron chi connectivity index (χ3n) is 4.96. The van der Waals surface area contributed by atoms with Gasteiger partial charge in [0.2, 0.25) is 0 Å². The van der Waals surface area contributed by atoms with Crippen molar-refractivity contribution in [1.82, 2.24) is 5.32 Å². The van der Waals surface area contributed by atoms with Crippen LogP contribution in [0.15, 0.2) is 42.5 Å². The maximum Gasteiger partial charge on any atom is 0.258 e. The number of carbonyl (C=O) groups excluding carboxylic acids is 2. The highest BCUT2D eigenvalue weighted by atomic mass is 16.2. The van der Waals surface area contributed by atoms with Crippen molar-refractivity contribution in [2.75, 3.05) is 11.4 Å². The fourth-order valence-electron chi connectivity index (χ4n) is 3.29. The van der Waals surface area contributed by atoms with Crippen LogP contribution >= 0.6 is 0 Å². The van der Waals surface area contributed by atoms with Gasteiger partial charge in [-0.1, -0.05) is 24.6 Å². The Morgan fingerprint density at radius 3 is 2.69 bits per heavy atom. The zero-order chi connectivity index (χ0) is 18.7. The van der Waals surface area contributed by atoms with E-state index in [1.165, 1.54) is 0 Å². The molecule has 0 aromatic heterocycles. The number of benzene rings is 2. The molecule has 0 aliphatic carbocycles. The Bertz CT molecular complexity index is 829. The lowest BCUT2D eigenvalue weighted by Gasteiger charge is -2.30. The van der Waals surface area contributed by atoms with Crippen molar-refractivity contribution >= 4 is 17.5 Å². The number of nitrogens with one attached hydrogen (secondary N) is 1. The summed E-state index contributed by atoms with van der Waals surface area (Å²) in [6.07, 6.45) is 2.69. The van der Waals surface area contributed by atoms with Crippen molar-refractivity contribution in [3.63, 3.8) is 0 Å². The lowest BCUT2D eigenvalue weighted by atomic mass is 9.97. The van der Waals surface area contributed by atoms with Gasteiger partial charge in [-0.2, -0.15) is 0 Å². The van der Waals surface area contributed by atoms with E-state index in [1.54, 1.807) is 0 Å². The SMILES string of the molecule is CC[C@H](C)NC(=O)c1ccc2c(c1)CCCN2C(=O)c1cccc(C)c1. The lowest BCUT2D eigenvalue weighted by molar-refractivity contribution is 0.0938. The van der Waals surface area contributed by atoms with Gasteiger partial charge in [-0.05, 0) is 69.0 Å². The minimum absolute atomic E-state index is 0.0199. The highest BCUT2D eigenvalue weighted by Gasteiger charge is 2.24. The lowest BCUT2D eigenvalue weighted by Crippen LogP contribution is -2.36. The minimum atomic E-state index is -0.0516. The van der Waals surface area contributed by atoms with Gasteiger partial charge < -0.3 is 10.2 Å². The van der Waals surface area contributed by atoms with E-state index in [4.69, 9.17) is 0 Å². The minimum Gasteiger partial charge on any atom is -0.350 e. The van der Waals surface area contributed by atoms with Crippen LogP contribution in [-0.2, 0) is 6.42 Å². The second-order valence-electron chi connectivity index (χ2n) is 7.06. The van der Waals surface area contributed by atoms with E-state index in [9.17, 15) is 9.59 Å². The van der Waals surface area contributed by atoms with Gasteiger partial charge in [0.05, 0.1) is 0 Å². The molecule has 1 aliphatic heterocycles. The molecule has 4 nitrogen and oxygen atoms in total. The third-order valence-corrected chi connectivity index (χ3v) is 4.96.